The van der Waals surface area contributed by atoms with Crippen molar-refractivity contribution in [2.75, 3.05) is 30.4 Å². The maximum atomic E-state index is 11.8. The summed E-state index contributed by atoms with van der Waals surface area (Å²) < 4.78 is 5.08. The lowest BCUT2D eigenvalue weighted by Gasteiger charge is -2.28. The topological polar surface area (TPSA) is 66.0 Å². The van der Waals surface area contributed by atoms with Crippen molar-refractivity contribution >= 4 is 23.6 Å². The third-order valence-electron chi connectivity index (χ3n) is 4.34. The molecule has 1 saturated heterocycles. The number of amides is 2. The first-order valence-corrected chi connectivity index (χ1v) is 8.84. The molecule has 136 valence electrons. The van der Waals surface area contributed by atoms with E-state index >= 15 is 0 Å². The van der Waals surface area contributed by atoms with Gasteiger partial charge in [0.2, 0.25) is 0 Å². The molecule has 26 heavy (non-hydrogen) atoms. The van der Waals surface area contributed by atoms with Crippen molar-refractivity contribution in [1.82, 2.24) is 5.43 Å². The maximum Gasteiger partial charge on any atom is 0.339 e. The molecule has 2 aromatic carbocycles. The Balaban J connectivity index is 1.48. The van der Waals surface area contributed by atoms with Gasteiger partial charge in [-0.1, -0.05) is 12.1 Å². The van der Waals surface area contributed by atoms with Gasteiger partial charge in [0.1, 0.15) is 5.75 Å². The van der Waals surface area contributed by atoms with Gasteiger partial charge in [0, 0.05) is 24.5 Å². The molecule has 0 bridgehead atoms. The van der Waals surface area contributed by atoms with Gasteiger partial charge in [0.15, 0.2) is 0 Å². The fourth-order valence-corrected chi connectivity index (χ4v) is 2.92. The van der Waals surface area contributed by atoms with Crippen molar-refractivity contribution in [1.29, 1.82) is 0 Å². The SMILES string of the molecule is COc1ccc(NC(=O)N/N=C/c2ccc(N3CCCCC3)cc2)cc1. The molecule has 0 aromatic heterocycles. The molecule has 0 spiro atoms. The molecule has 0 saturated carbocycles. The quantitative estimate of drug-likeness (QED) is 0.635. The molecule has 1 heterocycles. The summed E-state index contributed by atoms with van der Waals surface area (Å²) in [7, 11) is 1.60. The summed E-state index contributed by atoms with van der Waals surface area (Å²) in [4.78, 5) is 14.3. The molecule has 1 aliphatic rings. The molecule has 0 unspecified atom stereocenters. The zero-order valence-corrected chi connectivity index (χ0v) is 14.9. The van der Waals surface area contributed by atoms with Crippen LogP contribution in [-0.4, -0.2) is 32.4 Å². The molecule has 0 radical (unpaired) electrons. The van der Waals surface area contributed by atoms with Crippen molar-refractivity contribution in [3.8, 4) is 5.75 Å². The number of urea groups is 1. The van der Waals surface area contributed by atoms with E-state index in [4.69, 9.17) is 4.74 Å². The third kappa shape index (κ3) is 4.99. The second-order valence-corrected chi connectivity index (χ2v) is 6.19. The number of ether oxygens (including phenoxy) is 1. The molecule has 0 atom stereocenters. The largest absolute Gasteiger partial charge is 0.497 e. The molecule has 6 nitrogen and oxygen atoms in total. The van der Waals surface area contributed by atoms with Gasteiger partial charge in [-0.15, -0.1) is 0 Å². The van der Waals surface area contributed by atoms with Crippen LogP contribution in [0.2, 0.25) is 0 Å². The third-order valence-corrected chi connectivity index (χ3v) is 4.34. The van der Waals surface area contributed by atoms with Gasteiger partial charge in [-0.2, -0.15) is 5.10 Å². The van der Waals surface area contributed by atoms with Gasteiger partial charge >= 0.3 is 6.03 Å². The number of hydrazone groups is 1. The van der Waals surface area contributed by atoms with Crippen molar-refractivity contribution in [2.24, 2.45) is 5.10 Å². The van der Waals surface area contributed by atoms with Crippen molar-refractivity contribution < 1.29 is 9.53 Å². The van der Waals surface area contributed by atoms with E-state index in [0.717, 1.165) is 24.4 Å². The summed E-state index contributed by atoms with van der Waals surface area (Å²) in [6.45, 7) is 2.25. The molecule has 2 aromatic rings. The van der Waals surface area contributed by atoms with Crippen LogP contribution in [0, 0.1) is 0 Å². The lowest BCUT2D eigenvalue weighted by molar-refractivity contribution is 0.252. The van der Waals surface area contributed by atoms with Crippen LogP contribution in [-0.2, 0) is 0 Å². The summed E-state index contributed by atoms with van der Waals surface area (Å²) in [5.74, 6) is 0.738. The Hall–Kier alpha value is -3.02. The first-order valence-electron chi connectivity index (χ1n) is 8.84. The lowest BCUT2D eigenvalue weighted by Crippen LogP contribution is -2.29. The molecule has 3 rings (SSSR count). The Morgan fingerprint density at radius 1 is 1.04 bits per heavy atom. The zero-order chi connectivity index (χ0) is 18.2. The normalized spacial score (nSPS) is 14.3. The average Bonchev–Trinajstić information content (AvgIpc) is 2.70. The van der Waals surface area contributed by atoms with Gasteiger partial charge in [-0.3, -0.25) is 0 Å². The minimum Gasteiger partial charge on any atom is -0.497 e. The number of carbonyl (C=O) groups excluding carboxylic acids is 1. The maximum absolute atomic E-state index is 11.8. The fourth-order valence-electron chi connectivity index (χ4n) is 2.92. The standard InChI is InChI=1S/C20H24N4O2/c1-26-19-11-7-17(8-12-19)22-20(25)23-21-15-16-5-9-18(10-6-16)24-13-3-2-4-14-24/h5-12,15H,2-4,13-14H2,1H3,(H2,22,23,25)/b21-15+. The Morgan fingerprint density at radius 3 is 2.38 bits per heavy atom. The molecule has 0 aliphatic carbocycles. The number of piperidine rings is 1. The van der Waals surface area contributed by atoms with Crippen molar-refractivity contribution in [3.05, 3.63) is 54.1 Å². The van der Waals surface area contributed by atoms with E-state index in [-0.39, 0.29) is 0 Å². The highest BCUT2D eigenvalue weighted by Gasteiger charge is 2.10. The van der Waals surface area contributed by atoms with Gasteiger partial charge in [-0.25, -0.2) is 10.2 Å². The highest BCUT2D eigenvalue weighted by molar-refractivity contribution is 5.90. The van der Waals surface area contributed by atoms with Crippen molar-refractivity contribution in [2.45, 2.75) is 19.3 Å². The van der Waals surface area contributed by atoms with Gasteiger partial charge in [0.25, 0.3) is 0 Å². The highest BCUT2D eigenvalue weighted by Crippen LogP contribution is 2.19. The first kappa shape index (κ1) is 17.8. The molecule has 2 N–H and O–H groups in total. The molecular formula is C20H24N4O2. The predicted molar refractivity (Wildman–Crippen MR) is 105 cm³/mol. The van der Waals surface area contributed by atoms with Crippen LogP contribution < -0.4 is 20.4 Å². The summed E-state index contributed by atoms with van der Waals surface area (Å²) in [6, 6.07) is 14.9. The van der Waals surface area contributed by atoms with E-state index in [2.05, 4.69) is 32.9 Å². The average molecular weight is 352 g/mol. The summed E-state index contributed by atoms with van der Waals surface area (Å²) in [5, 5.41) is 6.69. The Labute approximate surface area is 153 Å². The monoisotopic (exact) mass is 352 g/mol. The number of nitrogens with zero attached hydrogens (tertiary/aromatic N) is 2. The minimum absolute atomic E-state index is 0.392. The van der Waals surface area contributed by atoms with Crippen LogP contribution in [0.25, 0.3) is 0 Å². The first-order chi connectivity index (χ1) is 12.7. The van der Waals surface area contributed by atoms with Crippen molar-refractivity contribution in [3.63, 3.8) is 0 Å². The van der Waals surface area contributed by atoms with Crippen LogP contribution in [0.15, 0.2) is 53.6 Å². The van der Waals surface area contributed by atoms with E-state index in [1.54, 1.807) is 37.6 Å². The molecule has 1 fully saturated rings. The van der Waals surface area contributed by atoms with E-state index in [9.17, 15) is 4.79 Å². The van der Waals surface area contributed by atoms with Gasteiger partial charge < -0.3 is 15.0 Å². The van der Waals surface area contributed by atoms with Crippen LogP contribution in [0.4, 0.5) is 16.2 Å². The number of benzene rings is 2. The van der Waals surface area contributed by atoms with Gasteiger partial charge in [0.05, 0.1) is 13.3 Å². The second-order valence-electron chi connectivity index (χ2n) is 6.19. The number of carbonyl (C=O) groups is 1. The second kappa shape index (κ2) is 8.89. The number of anilines is 2. The number of rotatable bonds is 5. The Bertz CT molecular complexity index is 735. The minimum atomic E-state index is -0.392. The molecule has 2 amide bonds. The van der Waals surface area contributed by atoms with Crippen LogP contribution in [0.5, 0.6) is 5.75 Å². The van der Waals surface area contributed by atoms with Crippen LogP contribution >= 0.6 is 0 Å². The van der Waals surface area contributed by atoms with E-state index in [1.165, 1.54) is 24.9 Å². The zero-order valence-electron chi connectivity index (χ0n) is 14.9. The Morgan fingerprint density at radius 2 is 1.73 bits per heavy atom. The number of methoxy groups -OCH3 is 1. The number of nitrogens with one attached hydrogen (secondary N) is 2. The Kier molecular flexibility index (Phi) is 6.09. The summed E-state index contributed by atoms with van der Waals surface area (Å²) in [6.07, 6.45) is 5.48. The molecule has 1 aliphatic heterocycles. The molecule has 6 heteroatoms. The van der Waals surface area contributed by atoms with E-state index in [1.807, 2.05) is 12.1 Å². The summed E-state index contributed by atoms with van der Waals surface area (Å²) in [5.41, 5.74) is 5.32. The predicted octanol–water partition coefficient (Wildman–Crippen LogP) is 3.84. The number of hydrogen-bond donors (Lipinski definition) is 2. The number of hydrogen-bond acceptors (Lipinski definition) is 4. The summed E-state index contributed by atoms with van der Waals surface area (Å²) >= 11 is 0. The fraction of sp³-hybridized carbons (Fsp3) is 0.300. The molecular weight excluding hydrogens is 328 g/mol. The lowest BCUT2D eigenvalue weighted by atomic mass is 10.1. The van der Waals surface area contributed by atoms with Crippen LogP contribution in [0.3, 0.4) is 0 Å². The van der Waals surface area contributed by atoms with E-state index in [0.29, 0.717) is 5.69 Å². The van der Waals surface area contributed by atoms with Crippen LogP contribution in [0.1, 0.15) is 24.8 Å². The van der Waals surface area contributed by atoms with E-state index < -0.39 is 6.03 Å². The van der Waals surface area contributed by atoms with Gasteiger partial charge in [-0.05, 0) is 61.2 Å². The highest BCUT2D eigenvalue weighted by atomic mass is 16.5. The smallest absolute Gasteiger partial charge is 0.339 e.